The van der Waals surface area contributed by atoms with Gasteiger partial charge in [0.15, 0.2) is 11.6 Å². The number of benzene rings is 3. The molecule has 32 heavy (non-hydrogen) atoms. The van der Waals surface area contributed by atoms with Crippen molar-refractivity contribution in [3.05, 3.63) is 118 Å². The Balaban J connectivity index is 1.76. The molecule has 3 aromatic rings. The molecule has 0 aliphatic carbocycles. The van der Waals surface area contributed by atoms with Crippen LogP contribution in [0.3, 0.4) is 0 Å². The lowest BCUT2D eigenvalue weighted by molar-refractivity contribution is 0.0686. The number of carboxylic acid groups (broad SMARTS) is 2. The maximum atomic E-state index is 12.7. The van der Waals surface area contributed by atoms with Crippen molar-refractivity contribution in [3.8, 4) is 0 Å². The van der Waals surface area contributed by atoms with E-state index in [-0.39, 0.29) is 33.8 Å². The normalized spacial score (nSPS) is 11.0. The number of ketones is 2. The Labute approximate surface area is 183 Å². The fourth-order valence-corrected chi connectivity index (χ4v) is 2.91. The first-order valence-corrected chi connectivity index (χ1v) is 9.56. The lowest BCUT2D eigenvalue weighted by Crippen LogP contribution is -2.05. The Hall–Kier alpha value is -4.58. The van der Waals surface area contributed by atoms with Crippen molar-refractivity contribution in [1.29, 1.82) is 0 Å². The average molecular weight is 426 g/mol. The second kappa shape index (κ2) is 9.95. The molecule has 0 amide bonds. The van der Waals surface area contributed by atoms with Crippen LogP contribution in [0.5, 0.6) is 0 Å². The highest BCUT2D eigenvalue weighted by Gasteiger charge is 2.13. The van der Waals surface area contributed by atoms with Crippen LogP contribution >= 0.6 is 0 Å². The van der Waals surface area contributed by atoms with Crippen LogP contribution in [0.1, 0.15) is 52.6 Å². The van der Waals surface area contributed by atoms with Crippen molar-refractivity contribution in [2.75, 3.05) is 0 Å². The van der Waals surface area contributed by atoms with Gasteiger partial charge in [0.25, 0.3) is 0 Å². The fourth-order valence-electron chi connectivity index (χ4n) is 2.91. The van der Waals surface area contributed by atoms with E-state index < -0.39 is 11.9 Å². The molecular formula is C26H18O6. The first-order valence-electron chi connectivity index (χ1n) is 9.56. The summed E-state index contributed by atoms with van der Waals surface area (Å²) in [6.45, 7) is 0. The topological polar surface area (TPSA) is 109 Å². The van der Waals surface area contributed by atoms with Crippen molar-refractivity contribution in [2.24, 2.45) is 0 Å². The molecule has 0 atom stereocenters. The summed E-state index contributed by atoms with van der Waals surface area (Å²) in [7, 11) is 0. The smallest absolute Gasteiger partial charge is 0.335 e. The van der Waals surface area contributed by atoms with Gasteiger partial charge in [0.1, 0.15) is 0 Å². The van der Waals surface area contributed by atoms with Crippen LogP contribution < -0.4 is 0 Å². The van der Waals surface area contributed by atoms with E-state index in [0.29, 0.717) is 11.1 Å². The molecular weight excluding hydrogens is 408 g/mol. The molecule has 6 heteroatoms. The third-order valence-electron chi connectivity index (χ3n) is 4.63. The minimum atomic E-state index is -1.03. The van der Waals surface area contributed by atoms with E-state index in [2.05, 4.69) is 0 Å². The Kier molecular flexibility index (Phi) is 6.88. The summed E-state index contributed by atoms with van der Waals surface area (Å²) in [6, 6.07) is 18.6. The van der Waals surface area contributed by atoms with Gasteiger partial charge in [0, 0.05) is 11.1 Å². The van der Waals surface area contributed by atoms with E-state index >= 15 is 0 Å². The van der Waals surface area contributed by atoms with Crippen LogP contribution in [0.4, 0.5) is 0 Å². The highest BCUT2D eigenvalue weighted by molar-refractivity contribution is 6.17. The van der Waals surface area contributed by atoms with E-state index in [1.54, 1.807) is 60.7 Å². The molecule has 0 aromatic heterocycles. The molecule has 0 aliphatic heterocycles. The molecule has 2 N–H and O–H groups in total. The molecule has 0 heterocycles. The molecule has 3 aromatic carbocycles. The quantitative estimate of drug-likeness (QED) is 0.393. The van der Waals surface area contributed by atoms with Crippen molar-refractivity contribution in [2.45, 2.75) is 0 Å². The predicted molar refractivity (Wildman–Crippen MR) is 120 cm³/mol. The predicted octanol–water partition coefficient (Wildman–Crippen LogP) is 4.88. The molecule has 158 valence electrons. The average Bonchev–Trinajstić information content (AvgIpc) is 2.81. The van der Waals surface area contributed by atoms with Crippen LogP contribution in [0.25, 0.3) is 12.2 Å². The van der Waals surface area contributed by atoms with Crippen LogP contribution in [-0.2, 0) is 0 Å². The molecule has 0 saturated carbocycles. The highest BCUT2D eigenvalue weighted by Crippen LogP contribution is 2.15. The van der Waals surface area contributed by atoms with Crippen molar-refractivity contribution in [3.63, 3.8) is 0 Å². The third kappa shape index (κ3) is 5.52. The molecule has 0 bridgehead atoms. The lowest BCUT2D eigenvalue weighted by Gasteiger charge is -2.04. The SMILES string of the molecule is O=C(O)c1ccc(/C=C/C(=O)c2ccccc2C(=O)/C=C/c2ccc(C(=O)O)cc2)cc1. The van der Waals surface area contributed by atoms with E-state index in [1.165, 1.54) is 36.4 Å². The van der Waals surface area contributed by atoms with Crippen LogP contribution in [0.15, 0.2) is 84.9 Å². The zero-order valence-electron chi connectivity index (χ0n) is 16.8. The molecule has 0 unspecified atom stereocenters. The zero-order valence-corrected chi connectivity index (χ0v) is 16.8. The van der Waals surface area contributed by atoms with Gasteiger partial charge < -0.3 is 10.2 Å². The summed E-state index contributed by atoms with van der Waals surface area (Å²) in [5.41, 5.74) is 2.07. The monoisotopic (exact) mass is 426 g/mol. The van der Waals surface area contributed by atoms with Gasteiger partial charge in [-0.15, -0.1) is 0 Å². The van der Waals surface area contributed by atoms with Gasteiger partial charge in [-0.25, -0.2) is 9.59 Å². The Morgan fingerprint density at radius 2 is 0.875 bits per heavy atom. The largest absolute Gasteiger partial charge is 0.478 e. The standard InChI is InChI=1S/C26H18O6/c27-23(15-9-17-5-11-19(12-6-17)25(29)30)21-3-1-2-4-22(21)24(28)16-10-18-7-13-20(14-8-18)26(31)32/h1-16H,(H,29,30)(H,31,32)/b15-9+,16-10+. The first kappa shape index (κ1) is 22.1. The Morgan fingerprint density at radius 3 is 1.19 bits per heavy atom. The number of carbonyl (C=O) groups excluding carboxylic acids is 2. The van der Waals surface area contributed by atoms with Crippen LogP contribution in [-0.4, -0.2) is 33.7 Å². The maximum Gasteiger partial charge on any atom is 0.335 e. The van der Waals surface area contributed by atoms with Gasteiger partial charge in [-0.2, -0.15) is 0 Å². The molecule has 3 rings (SSSR count). The number of aromatic carboxylic acids is 2. The Morgan fingerprint density at radius 1 is 0.531 bits per heavy atom. The number of allylic oxidation sites excluding steroid dienone is 2. The first-order chi connectivity index (χ1) is 15.3. The molecule has 0 saturated heterocycles. The molecule has 0 spiro atoms. The number of carboxylic acids is 2. The van der Waals surface area contributed by atoms with Gasteiger partial charge in [-0.05, 0) is 47.5 Å². The molecule has 0 aliphatic rings. The van der Waals surface area contributed by atoms with Crippen LogP contribution in [0.2, 0.25) is 0 Å². The fraction of sp³-hybridized carbons (Fsp3) is 0. The molecule has 0 fully saturated rings. The maximum absolute atomic E-state index is 12.7. The summed E-state index contributed by atoms with van der Waals surface area (Å²) in [5, 5.41) is 17.9. The van der Waals surface area contributed by atoms with Gasteiger partial charge in [0.2, 0.25) is 0 Å². The minimum absolute atomic E-state index is 0.147. The van der Waals surface area contributed by atoms with Gasteiger partial charge in [-0.1, -0.05) is 60.7 Å². The summed E-state index contributed by atoms with van der Waals surface area (Å²) in [5.74, 6) is -2.80. The molecule has 6 nitrogen and oxygen atoms in total. The van der Waals surface area contributed by atoms with Gasteiger partial charge in [0.05, 0.1) is 11.1 Å². The summed E-state index contributed by atoms with van der Waals surface area (Å²) in [4.78, 5) is 47.2. The van der Waals surface area contributed by atoms with Gasteiger partial charge >= 0.3 is 11.9 Å². The number of carbonyl (C=O) groups is 4. The van der Waals surface area contributed by atoms with Crippen molar-refractivity contribution >= 4 is 35.7 Å². The number of hydrogen-bond donors (Lipinski definition) is 2. The summed E-state index contributed by atoms with van der Waals surface area (Å²) < 4.78 is 0. The zero-order chi connectivity index (χ0) is 23.1. The lowest BCUT2D eigenvalue weighted by atomic mass is 9.98. The second-order valence-corrected chi connectivity index (χ2v) is 6.80. The summed E-state index contributed by atoms with van der Waals surface area (Å²) in [6.07, 6.45) is 5.76. The third-order valence-corrected chi connectivity index (χ3v) is 4.63. The molecule has 0 radical (unpaired) electrons. The summed E-state index contributed by atoms with van der Waals surface area (Å²) >= 11 is 0. The number of rotatable bonds is 8. The van der Waals surface area contributed by atoms with E-state index in [9.17, 15) is 19.2 Å². The highest BCUT2D eigenvalue weighted by atomic mass is 16.4. The van der Waals surface area contributed by atoms with Crippen molar-refractivity contribution < 1.29 is 29.4 Å². The minimum Gasteiger partial charge on any atom is -0.478 e. The van der Waals surface area contributed by atoms with E-state index in [4.69, 9.17) is 10.2 Å². The van der Waals surface area contributed by atoms with Crippen LogP contribution in [0, 0.1) is 0 Å². The Bertz CT molecular complexity index is 1130. The number of hydrogen-bond acceptors (Lipinski definition) is 4. The second-order valence-electron chi connectivity index (χ2n) is 6.80. The van der Waals surface area contributed by atoms with E-state index in [0.717, 1.165) is 0 Å². The van der Waals surface area contributed by atoms with Gasteiger partial charge in [-0.3, -0.25) is 9.59 Å². The van der Waals surface area contributed by atoms with Crippen molar-refractivity contribution in [1.82, 2.24) is 0 Å². The van der Waals surface area contributed by atoms with E-state index in [1.807, 2.05) is 0 Å².